The average molecular weight is 325 g/mol. The Labute approximate surface area is 132 Å². The van der Waals surface area contributed by atoms with Gasteiger partial charge in [0.05, 0.1) is 6.04 Å². The Balaban J connectivity index is 2.18. The van der Waals surface area contributed by atoms with E-state index in [1.54, 1.807) is 17.4 Å². The third-order valence-corrected chi connectivity index (χ3v) is 4.27. The largest absolute Gasteiger partial charge is 0.345 e. The quantitative estimate of drug-likeness (QED) is 0.458. The molecule has 0 aliphatic rings. The smallest absolute Gasteiger partial charge is 0.251 e. The van der Waals surface area contributed by atoms with Crippen LogP contribution in [0, 0.1) is 13.8 Å². The lowest BCUT2D eigenvalue weighted by molar-refractivity contribution is 0.0940. The van der Waals surface area contributed by atoms with Gasteiger partial charge in [-0.2, -0.15) is 0 Å². The average Bonchev–Trinajstić information content (AvgIpc) is 2.76. The zero-order valence-corrected chi connectivity index (χ0v) is 13.6. The standard InChI is InChI=1S/C14H17ClN4OS/c1-7-4-11(9(3)21-7)8(2)17-14(20)10-5-12(15)18-13(6-10)19-16/h4-6,8H,16H2,1-3H3,(H,17,20)(H,18,19). The van der Waals surface area contributed by atoms with E-state index in [1.165, 1.54) is 15.8 Å². The van der Waals surface area contributed by atoms with E-state index in [9.17, 15) is 4.79 Å². The first-order chi connectivity index (χ1) is 9.90. The Morgan fingerprint density at radius 3 is 2.67 bits per heavy atom. The molecule has 7 heteroatoms. The predicted octanol–water partition coefficient (Wildman–Crippen LogP) is 3.19. The molecule has 21 heavy (non-hydrogen) atoms. The van der Waals surface area contributed by atoms with Gasteiger partial charge in [0, 0.05) is 15.3 Å². The molecule has 0 saturated carbocycles. The van der Waals surface area contributed by atoms with Crippen molar-refractivity contribution in [3.05, 3.63) is 44.2 Å². The van der Waals surface area contributed by atoms with Gasteiger partial charge in [0.15, 0.2) is 0 Å². The lowest BCUT2D eigenvalue weighted by atomic mass is 10.1. The fourth-order valence-electron chi connectivity index (χ4n) is 2.14. The molecule has 0 bridgehead atoms. The minimum atomic E-state index is -0.216. The maximum absolute atomic E-state index is 12.3. The van der Waals surface area contributed by atoms with Crippen molar-refractivity contribution in [2.24, 2.45) is 5.84 Å². The Kier molecular flexibility index (Phi) is 4.82. The summed E-state index contributed by atoms with van der Waals surface area (Å²) in [6.07, 6.45) is 0. The van der Waals surface area contributed by atoms with E-state index in [2.05, 4.69) is 35.6 Å². The zero-order chi connectivity index (χ0) is 15.6. The van der Waals surface area contributed by atoms with Crippen LogP contribution >= 0.6 is 22.9 Å². The summed E-state index contributed by atoms with van der Waals surface area (Å²) in [5.41, 5.74) is 3.93. The van der Waals surface area contributed by atoms with Crippen molar-refractivity contribution >= 4 is 34.7 Å². The first kappa shape index (κ1) is 15.8. The fourth-order valence-corrected chi connectivity index (χ4v) is 3.37. The molecule has 2 rings (SSSR count). The van der Waals surface area contributed by atoms with Crippen LogP contribution in [0.4, 0.5) is 5.82 Å². The summed E-state index contributed by atoms with van der Waals surface area (Å²) in [7, 11) is 0. The number of hydrazine groups is 1. The van der Waals surface area contributed by atoms with Crippen LogP contribution in [0.1, 0.15) is 38.6 Å². The molecule has 0 saturated heterocycles. The first-order valence-corrected chi connectivity index (χ1v) is 7.62. The van der Waals surface area contributed by atoms with Gasteiger partial charge >= 0.3 is 0 Å². The Hall–Kier alpha value is -1.63. The van der Waals surface area contributed by atoms with E-state index in [0.29, 0.717) is 11.4 Å². The maximum atomic E-state index is 12.3. The number of carbonyl (C=O) groups is 1. The highest BCUT2D eigenvalue weighted by molar-refractivity contribution is 7.12. The van der Waals surface area contributed by atoms with Crippen molar-refractivity contribution in [1.82, 2.24) is 10.3 Å². The van der Waals surface area contributed by atoms with Crippen molar-refractivity contribution in [1.29, 1.82) is 0 Å². The number of nitrogens with one attached hydrogen (secondary N) is 2. The van der Waals surface area contributed by atoms with Gasteiger partial charge in [-0.1, -0.05) is 11.6 Å². The number of halogens is 1. The number of hydrogen-bond acceptors (Lipinski definition) is 5. The fraction of sp³-hybridized carbons (Fsp3) is 0.286. The molecule has 0 aromatic carbocycles. The molecule has 0 spiro atoms. The van der Waals surface area contributed by atoms with Gasteiger partial charge in [-0.25, -0.2) is 10.8 Å². The van der Waals surface area contributed by atoms with Crippen LogP contribution < -0.4 is 16.6 Å². The minimum absolute atomic E-state index is 0.0799. The Bertz CT molecular complexity index is 671. The molecule has 0 fully saturated rings. The molecule has 0 radical (unpaired) electrons. The van der Waals surface area contributed by atoms with E-state index in [4.69, 9.17) is 17.4 Å². The number of rotatable bonds is 4. The number of aryl methyl sites for hydroxylation is 2. The minimum Gasteiger partial charge on any atom is -0.345 e. The summed E-state index contributed by atoms with van der Waals surface area (Å²) in [4.78, 5) is 18.7. The third-order valence-electron chi connectivity index (χ3n) is 3.10. The van der Waals surface area contributed by atoms with Gasteiger partial charge < -0.3 is 10.7 Å². The number of pyridine rings is 1. The molecule has 2 heterocycles. The van der Waals surface area contributed by atoms with Gasteiger partial charge in [0.1, 0.15) is 11.0 Å². The molecule has 0 aliphatic heterocycles. The molecule has 2 aromatic rings. The summed E-state index contributed by atoms with van der Waals surface area (Å²) in [6.45, 7) is 6.06. The van der Waals surface area contributed by atoms with E-state index < -0.39 is 0 Å². The molecule has 1 atom stereocenters. The molecule has 1 unspecified atom stereocenters. The summed E-state index contributed by atoms with van der Waals surface area (Å²) < 4.78 is 0. The highest BCUT2D eigenvalue weighted by Gasteiger charge is 2.16. The number of amides is 1. The van der Waals surface area contributed by atoms with Gasteiger partial charge in [0.2, 0.25) is 0 Å². The topological polar surface area (TPSA) is 80.0 Å². The van der Waals surface area contributed by atoms with E-state index in [-0.39, 0.29) is 17.1 Å². The third kappa shape index (κ3) is 3.72. The van der Waals surface area contributed by atoms with Crippen LogP contribution in [-0.4, -0.2) is 10.9 Å². The predicted molar refractivity (Wildman–Crippen MR) is 86.7 cm³/mol. The number of hydrogen-bond donors (Lipinski definition) is 3. The first-order valence-electron chi connectivity index (χ1n) is 6.42. The summed E-state index contributed by atoms with van der Waals surface area (Å²) >= 11 is 7.59. The van der Waals surface area contributed by atoms with Gasteiger partial charge in [0.25, 0.3) is 5.91 Å². The van der Waals surface area contributed by atoms with E-state index >= 15 is 0 Å². The second kappa shape index (κ2) is 6.43. The van der Waals surface area contributed by atoms with Crippen molar-refractivity contribution in [2.75, 3.05) is 5.43 Å². The molecule has 0 aliphatic carbocycles. The molecule has 4 N–H and O–H groups in total. The van der Waals surface area contributed by atoms with Crippen molar-refractivity contribution < 1.29 is 4.79 Å². The van der Waals surface area contributed by atoms with Crippen LogP contribution in [-0.2, 0) is 0 Å². The Morgan fingerprint density at radius 2 is 2.10 bits per heavy atom. The van der Waals surface area contributed by atoms with Crippen molar-refractivity contribution in [3.8, 4) is 0 Å². The number of nitrogens with zero attached hydrogens (tertiary/aromatic N) is 1. The second-order valence-corrected chi connectivity index (χ2v) is 6.62. The SMILES string of the molecule is Cc1cc(C(C)NC(=O)c2cc(Cl)nc(NN)c2)c(C)s1. The second-order valence-electron chi connectivity index (χ2n) is 4.77. The molecule has 5 nitrogen and oxygen atoms in total. The molecular formula is C14H17ClN4OS. The number of nitrogens with two attached hydrogens (primary N) is 1. The van der Waals surface area contributed by atoms with Gasteiger partial charge in [-0.15, -0.1) is 11.3 Å². The summed E-state index contributed by atoms with van der Waals surface area (Å²) in [5, 5.41) is 3.17. The highest BCUT2D eigenvalue weighted by Crippen LogP contribution is 2.26. The number of aromatic nitrogens is 1. The summed E-state index contributed by atoms with van der Waals surface area (Å²) in [6, 6.07) is 5.08. The number of carbonyl (C=O) groups excluding carboxylic acids is 1. The number of anilines is 1. The molecule has 1 amide bonds. The van der Waals surface area contributed by atoms with E-state index in [1.807, 2.05) is 6.92 Å². The van der Waals surface area contributed by atoms with Crippen LogP contribution in [0.15, 0.2) is 18.2 Å². The lowest BCUT2D eigenvalue weighted by Gasteiger charge is -2.14. The maximum Gasteiger partial charge on any atom is 0.251 e. The van der Waals surface area contributed by atoms with E-state index in [0.717, 1.165) is 5.56 Å². The monoisotopic (exact) mass is 324 g/mol. The molecular weight excluding hydrogens is 308 g/mol. The van der Waals surface area contributed by atoms with Crippen LogP contribution in [0.25, 0.3) is 0 Å². The molecule has 2 aromatic heterocycles. The summed E-state index contributed by atoms with van der Waals surface area (Å²) in [5.74, 6) is 5.43. The van der Waals surface area contributed by atoms with Crippen LogP contribution in [0.3, 0.4) is 0 Å². The van der Waals surface area contributed by atoms with Crippen LogP contribution in [0.5, 0.6) is 0 Å². The number of thiophene rings is 1. The molecule has 112 valence electrons. The van der Waals surface area contributed by atoms with Crippen molar-refractivity contribution in [3.63, 3.8) is 0 Å². The van der Waals surface area contributed by atoms with Crippen LogP contribution in [0.2, 0.25) is 5.15 Å². The van der Waals surface area contributed by atoms with Gasteiger partial charge in [-0.05, 0) is 44.5 Å². The lowest BCUT2D eigenvalue weighted by Crippen LogP contribution is -2.27. The zero-order valence-electron chi connectivity index (χ0n) is 12.0. The highest BCUT2D eigenvalue weighted by atomic mass is 35.5. The normalized spacial score (nSPS) is 12.0. The Morgan fingerprint density at radius 1 is 1.38 bits per heavy atom. The van der Waals surface area contributed by atoms with Gasteiger partial charge in [-0.3, -0.25) is 4.79 Å². The number of nitrogen functional groups attached to an aromatic ring is 1. The van der Waals surface area contributed by atoms with Crippen molar-refractivity contribution in [2.45, 2.75) is 26.8 Å².